The number of benzene rings is 2. The minimum absolute atomic E-state index is 0.183. The summed E-state index contributed by atoms with van der Waals surface area (Å²) in [6, 6.07) is 16.2. The maximum atomic E-state index is 13.5. The summed E-state index contributed by atoms with van der Waals surface area (Å²) in [5, 5.41) is 5.43. The smallest absolute Gasteiger partial charge is 0.266 e. The maximum absolute atomic E-state index is 13.5. The molecule has 36 heavy (non-hydrogen) atoms. The molecular weight excluding hydrogens is 475 g/mol. The first-order valence-electron chi connectivity index (χ1n) is 11.5. The van der Waals surface area contributed by atoms with Crippen LogP contribution >= 0.6 is 0 Å². The van der Waals surface area contributed by atoms with E-state index in [0.29, 0.717) is 16.7 Å². The fourth-order valence-corrected chi connectivity index (χ4v) is 3.93. The van der Waals surface area contributed by atoms with Gasteiger partial charge in [0.15, 0.2) is 0 Å². The van der Waals surface area contributed by atoms with Crippen LogP contribution in [0.2, 0.25) is 0 Å². The average Bonchev–Trinajstić information content (AvgIpc) is 2.86. The second kappa shape index (κ2) is 13.6. The molecule has 2 aromatic carbocycles. The lowest BCUT2D eigenvalue weighted by Gasteiger charge is -2.25. The Kier molecular flexibility index (Phi) is 10.9. The molecule has 0 aliphatic carbocycles. The first-order chi connectivity index (χ1) is 17.1. The van der Waals surface area contributed by atoms with E-state index in [9.17, 15) is 18.0 Å². The zero-order valence-corrected chi connectivity index (χ0v) is 21.5. The van der Waals surface area contributed by atoms with Crippen molar-refractivity contribution in [2.45, 2.75) is 32.6 Å². The molecule has 0 fully saturated rings. The Morgan fingerprint density at radius 2 is 1.61 bits per heavy atom. The standard InChI is InChI=1S/C27H31BN2O5S/c1-4-23(28)15-16-24(5-2)30-27(32)25(21-9-7-6-8-10-21)19(3)20-11-13-22(14-12-20)26(31)29-17-18-36(33,34)35/h4-16,19,25H,17-18H2,1-3H3,(H,29,31)(H,30,32)(H,33,34,35)/b16-15-,23-4+,24-5+/t19?,25-/m0/s1. The van der Waals surface area contributed by atoms with Crippen molar-refractivity contribution in [2.75, 3.05) is 12.3 Å². The minimum atomic E-state index is -4.15. The summed E-state index contributed by atoms with van der Waals surface area (Å²) in [4.78, 5) is 25.7. The van der Waals surface area contributed by atoms with Crippen LogP contribution in [0.1, 0.15) is 54.1 Å². The van der Waals surface area contributed by atoms with Gasteiger partial charge in [0.05, 0.1) is 11.7 Å². The number of carbonyl (C=O) groups excluding carboxylic acids is 2. The van der Waals surface area contributed by atoms with Gasteiger partial charge in [-0.3, -0.25) is 14.1 Å². The molecule has 2 amide bonds. The van der Waals surface area contributed by atoms with Crippen LogP contribution in [0, 0.1) is 0 Å². The average molecular weight is 506 g/mol. The highest BCUT2D eigenvalue weighted by Gasteiger charge is 2.28. The number of hydrogen-bond donors (Lipinski definition) is 3. The summed E-state index contributed by atoms with van der Waals surface area (Å²) in [6.07, 6.45) is 7.02. The number of allylic oxidation sites excluding steroid dienone is 5. The molecule has 0 spiro atoms. The Bertz CT molecular complexity index is 1240. The molecule has 0 aliphatic rings. The van der Waals surface area contributed by atoms with Crippen LogP contribution in [0.25, 0.3) is 0 Å². The van der Waals surface area contributed by atoms with Crippen molar-refractivity contribution in [3.63, 3.8) is 0 Å². The molecule has 9 heteroatoms. The van der Waals surface area contributed by atoms with Crippen LogP contribution in [0.3, 0.4) is 0 Å². The van der Waals surface area contributed by atoms with E-state index < -0.39 is 27.7 Å². The Morgan fingerprint density at radius 1 is 0.972 bits per heavy atom. The molecule has 2 atom stereocenters. The highest BCUT2D eigenvalue weighted by Crippen LogP contribution is 2.33. The SMILES string of the molecule is [B]C(/C=C\C(=C/C)NC(=O)[C@H](c1ccccc1)C(C)c1ccc(C(=O)NCCS(=O)(=O)O)cc1)=C/C. The van der Waals surface area contributed by atoms with E-state index in [1.54, 1.807) is 48.6 Å². The molecule has 0 saturated heterocycles. The summed E-state index contributed by atoms with van der Waals surface area (Å²) in [5.41, 5.74) is 3.24. The molecule has 3 N–H and O–H groups in total. The third-order valence-electron chi connectivity index (χ3n) is 5.65. The molecule has 0 aliphatic heterocycles. The topological polar surface area (TPSA) is 113 Å². The number of amides is 2. The lowest BCUT2D eigenvalue weighted by molar-refractivity contribution is -0.122. The van der Waals surface area contributed by atoms with Crippen molar-refractivity contribution >= 4 is 29.8 Å². The molecule has 2 rings (SSSR count). The molecular formula is C27H31BN2O5S. The van der Waals surface area contributed by atoms with Crippen molar-refractivity contribution in [1.82, 2.24) is 10.6 Å². The second-order valence-corrected chi connectivity index (χ2v) is 9.77. The van der Waals surface area contributed by atoms with Gasteiger partial charge < -0.3 is 10.6 Å². The third-order valence-corrected chi connectivity index (χ3v) is 6.37. The molecule has 0 bridgehead atoms. The molecule has 2 aromatic rings. The van der Waals surface area contributed by atoms with Crippen molar-refractivity contribution in [3.8, 4) is 0 Å². The molecule has 7 nitrogen and oxygen atoms in total. The molecule has 0 heterocycles. The van der Waals surface area contributed by atoms with Crippen molar-refractivity contribution in [1.29, 1.82) is 0 Å². The van der Waals surface area contributed by atoms with Crippen LogP contribution < -0.4 is 10.6 Å². The van der Waals surface area contributed by atoms with Gasteiger partial charge in [0.2, 0.25) is 5.91 Å². The highest BCUT2D eigenvalue weighted by atomic mass is 32.2. The van der Waals surface area contributed by atoms with Gasteiger partial charge in [-0.15, -0.1) is 5.47 Å². The number of nitrogens with one attached hydrogen (secondary N) is 2. The molecule has 188 valence electrons. The van der Waals surface area contributed by atoms with Gasteiger partial charge in [-0.05, 0) is 49.1 Å². The summed E-state index contributed by atoms with van der Waals surface area (Å²) in [6.45, 7) is 5.40. The zero-order chi connectivity index (χ0) is 26.7. The van der Waals surface area contributed by atoms with Crippen LogP contribution in [-0.2, 0) is 14.9 Å². The van der Waals surface area contributed by atoms with Crippen molar-refractivity contribution in [3.05, 3.63) is 107 Å². The van der Waals surface area contributed by atoms with Gasteiger partial charge in [0, 0.05) is 17.8 Å². The highest BCUT2D eigenvalue weighted by molar-refractivity contribution is 7.85. The predicted octanol–water partition coefficient (Wildman–Crippen LogP) is 3.84. The van der Waals surface area contributed by atoms with Gasteiger partial charge >= 0.3 is 0 Å². The summed E-state index contributed by atoms with van der Waals surface area (Å²) in [5.74, 6) is -1.95. The van der Waals surface area contributed by atoms with Crippen LogP contribution in [0.5, 0.6) is 0 Å². The first-order valence-corrected chi connectivity index (χ1v) is 13.1. The largest absolute Gasteiger partial charge is 0.351 e. The van der Waals surface area contributed by atoms with E-state index >= 15 is 0 Å². The van der Waals surface area contributed by atoms with Gasteiger partial charge in [0.25, 0.3) is 16.0 Å². The lowest BCUT2D eigenvalue weighted by Crippen LogP contribution is -2.31. The van der Waals surface area contributed by atoms with E-state index in [1.165, 1.54) is 0 Å². The van der Waals surface area contributed by atoms with E-state index in [4.69, 9.17) is 12.4 Å². The van der Waals surface area contributed by atoms with Crippen molar-refractivity contribution < 1.29 is 22.6 Å². The van der Waals surface area contributed by atoms with E-state index in [1.807, 2.05) is 51.1 Å². The normalized spacial score (nSPS) is 14.3. The maximum Gasteiger partial charge on any atom is 0.266 e. The Balaban J connectivity index is 2.24. The summed E-state index contributed by atoms with van der Waals surface area (Å²) >= 11 is 0. The van der Waals surface area contributed by atoms with E-state index in [-0.39, 0.29) is 18.4 Å². The van der Waals surface area contributed by atoms with Crippen LogP contribution in [-0.4, -0.2) is 44.9 Å². The molecule has 0 saturated carbocycles. The second-order valence-electron chi connectivity index (χ2n) is 8.20. The summed E-state index contributed by atoms with van der Waals surface area (Å²) in [7, 11) is 1.68. The molecule has 1 unspecified atom stereocenters. The fourth-order valence-electron chi connectivity index (χ4n) is 3.57. The van der Waals surface area contributed by atoms with Gasteiger partial charge in [-0.1, -0.05) is 67.6 Å². The predicted molar refractivity (Wildman–Crippen MR) is 143 cm³/mol. The monoisotopic (exact) mass is 506 g/mol. The zero-order valence-electron chi connectivity index (χ0n) is 20.6. The lowest BCUT2D eigenvalue weighted by atomic mass is 9.81. The third kappa shape index (κ3) is 8.98. The molecule has 0 aromatic heterocycles. The number of rotatable bonds is 11. The minimum Gasteiger partial charge on any atom is -0.351 e. The van der Waals surface area contributed by atoms with Crippen LogP contribution in [0.4, 0.5) is 0 Å². The Morgan fingerprint density at radius 3 is 2.17 bits per heavy atom. The quantitative estimate of drug-likeness (QED) is 0.244. The van der Waals surface area contributed by atoms with Crippen LogP contribution in [0.15, 0.2) is 90.1 Å². The Labute approximate surface area is 214 Å². The number of hydrogen-bond acceptors (Lipinski definition) is 4. The fraction of sp³-hybridized carbons (Fsp3) is 0.259. The van der Waals surface area contributed by atoms with E-state index in [2.05, 4.69) is 10.6 Å². The first kappa shape index (κ1) is 28.8. The number of carbonyl (C=O) groups is 2. The molecule has 2 radical (unpaired) electrons. The van der Waals surface area contributed by atoms with Gasteiger partial charge in [0.1, 0.15) is 7.85 Å². The van der Waals surface area contributed by atoms with Crippen molar-refractivity contribution in [2.24, 2.45) is 0 Å². The van der Waals surface area contributed by atoms with Gasteiger partial charge in [-0.2, -0.15) is 8.42 Å². The van der Waals surface area contributed by atoms with Gasteiger partial charge in [-0.25, -0.2) is 0 Å². The van der Waals surface area contributed by atoms with E-state index in [0.717, 1.165) is 11.1 Å². The summed E-state index contributed by atoms with van der Waals surface area (Å²) < 4.78 is 30.5. The Hall–Kier alpha value is -3.43.